The second kappa shape index (κ2) is 6.46. The van der Waals surface area contributed by atoms with Crippen LogP contribution in [0.25, 0.3) is 0 Å². The maximum atomic E-state index is 11.4. The molecule has 0 aromatic heterocycles. The Hall–Kier alpha value is -2.12. The van der Waals surface area contributed by atoms with Gasteiger partial charge in [-0.2, -0.15) is 0 Å². The van der Waals surface area contributed by atoms with Gasteiger partial charge in [0.05, 0.1) is 6.04 Å². The third-order valence-corrected chi connectivity index (χ3v) is 2.09. The minimum Gasteiger partial charge on any atom is -0.455 e. The third-order valence-electron chi connectivity index (χ3n) is 2.09. The first-order valence-electron chi connectivity index (χ1n) is 5.09. The number of carbonyl (C=O) groups is 2. The van der Waals surface area contributed by atoms with Crippen LogP contribution >= 0.6 is 0 Å². The molecule has 4 nitrogen and oxygen atoms in total. The highest BCUT2D eigenvalue weighted by molar-refractivity contribution is 6.35. The zero-order valence-corrected chi connectivity index (χ0v) is 9.26. The first-order chi connectivity index (χ1) is 8.15. The van der Waals surface area contributed by atoms with E-state index >= 15 is 0 Å². The number of Topliss-reactive ketones (excluding diaryl/α,β-unsaturated/α-hetero) is 1. The van der Waals surface area contributed by atoms with E-state index in [0.717, 1.165) is 5.56 Å². The van der Waals surface area contributed by atoms with Gasteiger partial charge in [0.15, 0.2) is 0 Å². The van der Waals surface area contributed by atoms with E-state index < -0.39 is 17.8 Å². The SMILES string of the molecule is C#CC[C@H](N)C(=O)C(=O)OCc1ccccc1. The number of carbonyl (C=O) groups excluding carboxylic acids is 2. The van der Waals surface area contributed by atoms with Crippen molar-refractivity contribution in [1.82, 2.24) is 0 Å². The Morgan fingerprint density at radius 2 is 2.00 bits per heavy atom. The fraction of sp³-hybridized carbons (Fsp3) is 0.231. The van der Waals surface area contributed by atoms with Crippen molar-refractivity contribution in [1.29, 1.82) is 0 Å². The highest BCUT2D eigenvalue weighted by Gasteiger charge is 2.22. The van der Waals surface area contributed by atoms with Gasteiger partial charge in [0.1, 0.15) is 6.61 Å². The molecule has 4 heteroatoms. The molecule has 0 saturated carbocycles. The molecule has 88 valence electrons. The molecule has 0 spiro atoms. The van der Waals surface area contributed by atoms with E-state index in [1.807, 2.05) is 18.2 Å². The molecule has 1 aromatic rings. The van der Waals surface area contributed by atoms with E-state index in [9.17, 15) is 9.59 Å². The van der Waals surface area contributed by atoms with E-state index in [1.165, 1.54) is 0 Å². The van der Waals surface area contributed by atoms with E-state index in [2.05, 4.69) is 5.92 Å². The number of rotatable bonds is 5. The highest BCUT2D eigenvalue weighted by atomic mass is 16.5. The molecule has 0 heterocycles. The van der Waals surface area contributed by atoms with Gasteiger partial charge in [0, 0.05) is 6.42 Å². The maximum Gasteiger partial charge on any atom is 0.376 e. The fourth-order valence-corrected chi connectivity index (χ4v) is 1.17. The zero-order valence-electron chi connectivity index (χ0n) is 9.26. The Bertz CT molecular complexity index is 434. The first kappa shape index (κ1) is 12.9. The quantitative estimate of drug-likeness (QED) is 0.459. The Morgan fingerprint density at radius 1 is 1.35 bits per heavy atom. The summed E-state index contributed by atoms with van der Waals surface area (Å²) < 4.78 is 4.82. The number of ether oxygens (including phenoxy) is 1. The van der Waals surface area contributed by atoms with Gasteiger partial charge in [-0.05, 0) is 5.56 Å². The number of benzene rings is 1. The number of hydrogen-bond acceptors (Lipinski definition) is 4. The number of nitrogens with two attached hydrogens (primary N) is 1. The second-order valence-corrected chi connectivity index (χ2v) is 3.44. The van der Waals surface area contributed by atoms with Crippen LogP contribution in [-0.4, -0.2) is 17.8 Å². The molecule has 2 N–H and O–H groups in total. The predicted octanol–water partition coefficient (Wildman–Crippen LogP) is 0.649. The molecule has 0 radical (unpaired) electrons. The summed E-state index contributed by atoms with van der Waals surface area (Å²) in [5.41, 5.74) is 6.21. The van der Waals surface area contributed by atoms with Gasteiger partial charge in [-0.3, -0.25) is 4.79 Å². The van der Waals surface area contributed by atoms with E-state index in [4.69, 9.17) is 16.9 Å². The number of terminal acetylenes is 1. The van der Waals surface area contributed by atoms with E-state index in [0.29, 0.717) is 0 Å². The fourth-order valence-electron chi connectivity index (χ4n) is 1.17. The van der Waals surface area contributed by atoms with Crippen LogP contribution < -0.4 is 5.73 Å². The summed E-state index contributed by atoms with van der Waals surface area (Å²) in [5, 5.41) is 0. The van der Waals surface area contributed by atoms with Crippen molar-refractivity contribution in [3.63, 3.8) is 0 Å². The first-order valence-corrected chi connectivity index (χ1v) is 5.09. The van der Waals surface area contributed by atoms with Crippen LogP contribution in [0.3, 0.4) is 0 Å². The van der Waals surface area contributed by atoms with Crippen LogP contribution in [0.1, 0.15) is 12.0 Å². The Morgan fingerprint density at radius 3 is 2.59 bits per heavy atom. The second-order valence-electron chi connectivity index (χ2n) is 3.44. The Labute approximate surface area is 99.8 Å². The smallest absolute Gasteiger partial charge is 0.376 e. The summed E-state index contributed by atoms with van der Waals surface area (Å²) in [4.78, 5) is 22.7. The molecular weight excluding hydrogens is 218 g/mol. The summed E-state index contributed by atoms with van der Waals surface area (Å²) in [7, 11) is 0. The number of hydrogen-bond donors (Lipinski definition) is 1. The van der Waals surface area contributed by atoms with Crippen LogP contribution in [0.5, 0.6) is 0 Å². The van der Waals surface area contributed by atoms with Crippen LogP contribution in [0.15, 0.2) is 30.3 Å². The lowest BCUT2D eigenvalue weighted by molar-refractivity contribution is -0.155. The third kappa shape index (κ3) is 4.09. The summed E-state index contributed by atoms with van der Waals surface area (Å²) in [6.45, 7) is 0.0498. The molecule has 1 rings (SSSR count). The van der Waals surface area contributed by atoms with Gasteiger partial charge in [-0.15, -0.1) is 12.3 Å². The average molecular weight is 231 g/mol. The lowest BCUT2D eigenvalue weighted by Crippen LogP contribution is -2.36. The molecule has 0 fully saturated rings. The van der Waals surface area contributed by atoms with Crippen molar-refractivity contribution in [3.8, 4) is 12.3 Å². The molecule has 0 amide bonds. The summed E-state index contributed by atoms with van der Waals surface area (Å²) in [5.74, 6) is 0.483. The number of ketones is 1. The van der Waals surface area contributed by atoms with E-state index in [1.54, 1.807) is 12.1 Å². The summed E-state index contributed by atoms with van der Waals surface area (Å²) in [6.07, 6.45) is 5.03. The van der Waals surface area contributed by atoms with Crippen molar-refractivity contribution in [2.75, 3.05) is 0 Å². The number of esters is 1. The molecule has 0 unspecified atom stereocenters. The Kier molecular flexibility index (Phi) is 4.92. The van der Waals surface area contributed by atoms with E-state index in [-0.39, 0.29) is 13.0 Å². The van der Waals surface area contributed by atoms with Crippen LogP contribution in [0.2, 0.25) is 0 Å². The molecule has 1 aromatic carbocycles. The van der Waals surface area contributed by atoms with Gasteiger partial charge >= 0.3 is 5.97 Å². The normalized spacial score (nSPS) is 11.3. The van der Waals surface area contributed by atoms with Crippen molar-refractivity contribution in [3.05, 3.63) is 35.9 Å². The standard InChI is InChI=1S/C13H13NO3/c1-2-6-11(14)12(15)13(16)17-9-10-7-4-3-5-8-10/h1,3-5,7-8,11H,6,9,14H2/t11-/m0/s1. The minimum atomic E-state index is -0.983. The van der Waals surface area contributed by atoms with Gasteiger partial charge in [0.2, 0.25) is 0 Å². The molecule has 0 bridgehead atoms. The highest BCUT2D eigenvalue weighted by Crippen LogP contribution is 2.01. The van der Waals surface area contributed by atoms with Gasteiger partial charge in [-0.25, -0.2) is 4.79 Å². The molecule has 17 heavy (non-hydrogen) atoms. The monoisotopic (exact) mass is 231 g/mol. The lowest BCUT2D eigenvalue weighted by atomic mass is 10.1. The molecule has 1 atom stereocenters. The van der Waals surface area contributed by atoms with Crippen LogP contribution in [0.4, 0.5) is 0 Å². The maximum absolute atomic E-state index is 11.4. The van der Waals surface area contributed by atoms with Crippen molar-refractivity contribution >= 4 is 11.8 Å². The van der Waals surface area contributed by atoms with Crippen molar-refractivity contribution in [2.24, 2.45) is 5.73 Å². The summed E-state index contributed by atoms with van der Waals surface area (Å²) >= 11 is 0. The van der Waals surface area contributed by atoms with Crippen LogP contribution in [-0.2, 0) is 20.9 Å². The molecular formula is C13H13NO3. The average Bonchev–Trinajstić information content (AvgIpc) is 2.36. The van der Waals surface area contributed by atoms with Crippen molar-refractivity contribution in [2.45, 2.75) is 19.1 Å². The van der Waals surface area contributed by atoms with Crippen molar-refractivity contribution < 1.29 is 14.3 Å². The topological polar surface area (TPSA) is 69.4 Å². The summed E-state index contributed by atoms with van der Waals surface area (Å²) in [6, 6.07) is 8.07. The lowest BCUT2D eigenvalue weighted by Gasteiger charge is -2.07. The minimum absolute atomic E-state index is 0.0271. The largest absolute Gasteiger partial charge is 0.455 e. The van der Waals surface area contributed by atoms with Gasteiger partial charge in [-0.1, -0.05) is 30.3 Å². The molecule has 0 aliphatic carbocycles. The molecule has 0 aliphatic heterocycles. The van der Waals surface area contributed by atoms with Gasteiger partial charge < -0.3 is 10.5 Å². The van der Waals surface area contributed by atoms with Gasteiger partial charge in [0.25, 0.3) is 5.78 Å². The molecule has 0 saturated heterocycles. The predicted molar refractivity (Wildman–Crippen MR) is 62.7 cm³/mol. The zero-order chi connectivity index (χ0) is 12.7. The molecule has 0 aliphatic rings. The van der Waals surface area contributed by atoms with Crippen LogP contribution in [0, 0.1) is 12.3 Å². The Balaban J connectivity index is 2.45.